The van der Waals surface area contributed by atoms with E-state index in [1.165, 1.54) is 44.3 Å². The summed E-state index contributed by atoms with van der Waals surface area (Å²) in [6, 6.07) is 18.6. The molecule has 4 nitrogen and oxygen atoms in total. The van der Waals surface area contributed by atoms with Gasteiger partial charge in [-0.05, 0) is 30.5 Å². The fourth-order valence-electron chi connectivity index (χ4n) is 4.36. The molecular formula is C25H28N3O+. The SMILES string of the molecule is O=C(NCc1ccc(C[NH+]2CCCC2)cc1)c1cc(C2CC2)nc2ccccc12. The van der Waals surface area contributed by atoms with Crippen molar-refractivity contribution in [2.45, 2.75) is 44.7 Å². The van der Waals surface area contributed by atoms with Crippen LogP contribution in [0.3, 0.4) is 0 Å². The minimum Gasteiger partial charge on any atom is -0.348 e. The van der Waals surface area contributed by atoms with E-state index < -0.39 is 0 Å². The van der Waals surface area contributed by atoms with Crippen LogP contribution in [-0.4, -0.2) is 24.0 Å². The fraction of sp³-hybridized carbons (Fsp3) is 0.360. The Morgan fingerprint density at radius 1 is 1.00 bits per heavy atom. The summed E-state index contributed by atoms with van der Waals surface area (Å²) >= 11 is 0. The standard InChI is InChI=1S/C25H27N3O/c29-25(22-15-24(20-11-12-20)27-23-6-2-1-5-21(22)23)26-16-18-7-9-19(10-8-18)17-28-13-3-4-14-28/h1-2,5-10,15,20H,3-4,11-14,16-17H2,(H,26,29)/p+1. The molecule has 2 heterocycles. The van der Waals surface area contributed by atoms with Gasteiger partial charge in [-0.3, -0.25) is 9.78 Å². The largest absolute Gasteiger partial charge is 0.348 e. The number of nitrogens with one attached hydrogen (secondary N) is 2. The molecule has 4 heteroatoms. The third-order valence-corrected chi connectivity index (χ3v) is 6.22. The van der Waals surface area contributed by atoms with Crippen molar-refractivity contribution >= 4 is 16.8 Å². The fourth-order valence-corrected chi connectivity index (χ4v) is 4.36. The second-order valence-corrected chi connectivity index (χ2v) is 8.52. The quantitative estimate of drug-likeness (QED) is 0.683. The lowest BCUT2D eigenvalue weighted by molar-refractivity contribution is -0.901. The number of aromatic nitrogens is 1. The Morgan fingerprint density at radius 2 is 1.72 bits per heavy atom. The van der Waals surface area contributed by atoms with Gasteiger partial charge >= 0.3 is 0 Å². The number of carbonyl (C=O) groups excluding carboxylic acids is 1. The Kier molecular flexibility index (Phi) is 5.03. The molecule has 2 aliphatic rings. The van der Waals surface area contributed by atoms with Gasteiger partial charge in [-0.25, -0.2) is 0 Å². The lowest BCUT2D eigenvalue weighted by atomic mass is 10.0. The lowest BCUT2D eigenvalue weighted by Gasteiger charge is -2.13. The Hall–Kier alpha value is -2.72. The number of carbonyl (C=O) groups is 1. The summed E-state index contributed by atoms with van der Waals surface area (Å²) in [5.41, 5.74) is 5.23. The minimum absolute atomic E-state index is 0.0175. The summed E-state index contributed by atoms with van der Waals surface area (Å²) in [5, 5.41) is 4.04. The third-order valence-electron chi connectivity index (χ3n) is 6.22. The number of nitrogens with zero attached hydrogens (tertiary/aromatic N) is 1. The van der Waals surface area contributed by atoms with Gasteiger partial charge in [-0.2, -0.15) is 0 Å². The zero-order chi connectivity index (χ0) is 19.6. The Bertz CT molecular complexity index is 1020. The molecule has 1 saturated heterocycles. The topological polar surface area (TPSA) is 46.4 Å². The molecule has 1 aliphatic heterocycles. The molecule has 2 aromatic carbocycles. The molecule has 0 spiro atoms. The second kappa shape index (κ2) is 7.96. The molecule has 0 radical (unpaired) electrons. The van der Waals surface area contributed by atoms with Gasteiger partial charge in [0.2, 0.25) is 0 Å². The summed E-state index contributed by atoms with van der Waals surface area (Å²) in [6.45, 7) is 4.24. The van der Waals surface area contributed by atoms with Gasteiger partial charge in [-0.15, -0.1) is 0 Å². The van der Waals surface area contributed by atoms with Gasteiger partial charge in [0.1, 0.15) is 6.54 Å². The van der Waals surface area contributed by atoms with Crippen LogP contribution in [0.4, 0.5) is 0 Å². The molecule has 5 rings (SSSR count). The van der Waals surface area contributed by atoms with Gasteiger partial charge in [0.25, 0.3) is 5.91 Å². The Labute approximate surface area is 171 Å². The first-order valence-electron chi connectivity index (χ1n) is 10.9. The molecule has 1 aliphatic carbocycles. The van der Waals surface area contributed by atoms with E-state index >= 15 is 0 Å². The average Bonchev–Trinajstić information content (AvgIpc) is 3.49. The summed E-state index contributed by atoms with van der Waals surface area (Å²) < 4.78 is 0. The number of amides is 1. The van der Waals surface area contributed by atoms with E-state index in [9.17, 15) is 4.79 Å². The molecule has 3 aromatic rings. The maximum atomic E-state index is 13.0. The normalized spacial score (nSPS) is 17.0. The Balaban J connectivity index is 1.28. The number of fused-ring (bicyclic) bond motifs is 1. The summed E-state index contributed by atoms with van der Waals surface area (Å²) in [4.78, 5) is 19.4. The van der Waals surface area contributed by atoms with Crippen molar-refractivity contribution in [2.24, 2.45) is 0 Å². The van der Waals surface area contributed by atoms with E-state index in [0.717, 1.165) is 34.3 Å². The molecule has 2 N–H and O–H groups in total. The number of likely N-dealkylation sites (tertiary alicyclic amines) is 1. The molecule has 1 aromatic heterocycles. The van der Waals surface area contributed by atoms with Crippen molar-refractivity contribution in [3.63, 3.8) is 0 Å². The third kappa shape index (κ3) is 4.18. The number of hydrogen-bond acceptors (Lipinski definition) is 2. The van der Waals surface area contributed by atoms with Crippen LogP contribution < -0.4 is 10.2 Å². The minimum atomic E-state index is -0.0175. The smallest absolute Gasteiger partial charge is 0.252 e. The first-order chi connectivity index (χ1) is 14.3. The van der Waals surface area contributed by atoms with E-state index in [-0.39, 0.29) is 5.91 Å². The molecule has 148 valence electrons. The lowest BCUT2D eigenvalue weighted by Crippen LogP contribution is -3.08. The summed E-state index contributed by atoms with van der Waals surface area (Å²) in [7, 11) is 0. The second-order valence-electron chi connectivity index (χ2n) is 8.52. The number of quaternary nitrogens is 1. The van der Waals surface area contributed by atoms with Crippen LogP contribution in [0.15, 0.2) is 54.6 Å². The van der Waals surface area contributed by atoms with Crippen LogP contribution in [0.25, 0.3) is 10.9 Å². The van der Waals surface area contributed by atoms with E-state index in [2.05, 4.69) is 29.6 Å². The zero-order valence-electron chi connectivity index (χ0n) is 16.8. The number of rotatable bonds is 6. The van der Waals surface area contributed by atoms with Crippen LogP contribution in [0.2, 0.25) is 0 Å². The zero-order valence-corrected chi connectivity index (χ0v) is 16.8. The van der Waals surface area contributed by atoms with Crippen LogP contribution in [0.5, 0.6) is 0 Å². The first kappa shape index (κ1) is 18.3. The van der Waals surface area contributed by atoms with Gasteiger partial charge in [0.05, 0.1) is 24.2 Å². The number of benzene rings is 2. The van der Waals surface area contributed by atoms with Gasteiger partial charge in [0, 0.05) is 41.9 Å². The highest BCUT2D eigenvalue weighted by Gasteiger charge is 2.26. The molecule has 0 unspecified atom stereocenters. The number of para-hydroxylation sites is 1. The molecule has 0 bridgehead atoms. The highest BCUT2D eigenvalue weighted by molar-refractivity contribution is 6.06. The van der Waals surface area contributed by atoms with E-state index in [0.29, 0.717) is 12.5 Å². The van der Waals surface area contributed by atoms with E-state index in [1.807, 2.05) is 30.3 Å². The number of pyridine rings is 1. The van der Waals surface area contributed by atoms with Crippen molar-refractivity contribution in [3.05, 3.63) is 77.0 Å². The average molecular weight is 387 g/mol. The van der Waals surface area contributed by atoms with E-state index in [4.69, 9.17) is 4.98 Å². The molecule has 2 fully saturated rings. The van der Waals surface area contributed by atoms with Crippen molar-refractivity contribution in [1.29, 1.82) is 0 Å². The maximum absolute atomic E-state index is 13.0. The molecule has 29 heavy (non-hydrogen) atoms. The van der Waals surface area contributed by atoms with Gasteiger partial charge < -0.3 is 10.2 Å². The summed E-state index contributed by atoms with van der Waals surface area (Å²) in [5.74, 6) is 0.507. The van der Waals surface area contributed by atoms with Crippen LogP contribution in [0.1, 0.15) is 58.8 Å². The van der Waals surface area contributed by atoms with Crippen molar-refractivity contribution in [1.82, 2.24) is 10.3 Å². The Morgan fingerprint density at radius 3 is 2.48 bits per heavy atom. The van der Waals surface area contributed by atoms with Crippen molar-refractivity contribution in [3.8, 4) is 0 Å². The highest BCUT2D eigenvalue weighted by Crippen LogP contribution is 2.40. The maximum Gasteiger partial charge on any atom is 0.252 e. The highest BCUT2D eigenvalue weighted by atomic mass is 16.1. The molecular weight excluding hydrogens is 358 g/mol. The number of hydrogen-bond donors (Lipinski definition) is 2. The first-order valence-corrected chi connectivity index (χ1v) is 10.9. The van der Waals surface area contributed by atoms with Gasteiger partial charge in [-0.1, -0.05) is 42.5 Å². The van der Waals surface area contributed by atoms with Crippen LogP contribution in [0, 0.1) is 0 Å². The predicted octanol–water partition coefficient (Wildman–Crippen LogP) is 3.22. The van der Waals surface area contributed by atoms with Crippen molar-refractivity contribution in [2.75, 3.05) is 13.1 Å². The van der Waals surface area contributed by atoms with E-state index in [1.54, 1.807) is 4.90 Å². The van der Waals surface area contributed by atoms with Crippen LogP contribution in [-0.2, 0) is 13.1 Å². The monoisotopic (exact) mass is 386 g/mol. The molecule has 0 atom stereocenters. The van der Waals surface area contributed by atoms with Crippen LogP contribution >= 0.6 is 0 Å². The summed E-state index contributed by atoms with van der Waals surface area (Å²) in [6.07, 6.45) is 5.06. The molecule has 1 saturated carbocycles. The van der Waals surface area contributed by atoms with Gasteiger partial charge in [0.15, 0.2) is 0 Å². The van der Waals surface area contributed by atoms with Crippen molar-refractivity contribution < 1.29 is 9.69 Å². The molecule has 1 amide bonds. The predicted molar refractivity (Wildman–Crippen MR) is 115 cm³/mol.